The van der Waals surface area contributed by atoms with Gasteiger partial charge in [0.05, 0.1) is 6.04 Å². The first-order valence-corrected chi connectivity index (χ1v) is 10.0. The summed E-state index contributed by atoms with van der Waals surface area (Å²) in [6, 6.07) is 9.71. The fourth-order valence-corrected chi connectivity index (χ4v) is 3.23. The molecule has 104 valence electrons. The van der Waals surface area contributed by atoms with E-state index in [-0.39, 0.29) is 6.61 Å². The second kappa shape index (κ2) is 7.09. The van der Waals surface area contributed by atoms with Crippen LogP contribution in [0.2, 0.25) is 25.7 Å². The molecule has 0 aliphatic heterocycles. The molecule has 0 spiro atoms. The molecular formula is C14H21NO3Si. The molecule has 0 fully saturated rings. The molecule has 1 atom stereocenters. The zero-order valence-corrected chi connectivity index (χ0v) is 12.7. The zero-order chi connectivity index (χ0) is 14.3. The lowest BCUT2D eigenvalue weighted by atomic mass is 10.2. The maximum atomic E-state index is 11.6. The Balaban J connectivity index is 2.39. The van der Waals surface area contributed by atoms with Crippen molar-refractivity contribution in [3.05, 3.63) is 35.9 Å². The summed E-state index contributed by atoms with van der Waals surface area (Å²) in [4.78, 5) is 22.5. The lowest BCUT2D eigenvalue weighted by Crippen LogP contribution is -2.41. The van der Waals surface area contributed by atoms with Crippen LogP contribution in [0.15, 0.2) is 30.3 Å². The monoisotopic (exact) mass is 279 g/mol. The molecule has 1 aromatic carbocycles. The highest BCUT2D eigenvalue weighted by molar-refractivity contribution is 6.76. The quantitative estimate of drug-likeness (QED) is 0.643. The topological polar surface area (TPSA) is 55.4 Å². The summed E-state index contributed by atoms with van der Waals surface area (Å²) in [7, 11) is -1.40. The number of hydrogen-bond donors (Lipinski definition) is 1. The minimum Gasteiger partial charge on any atom is -0.445 e. The summed E-state index contributed by atoms with van der Waals surface area (Å²) in [5.74, 6) is 0. The second-order valence-electron chi connectivity index (χ2n) is 5.71. The number of carbonyl (C=O) groups excluding carboxylic acids is 2. The minimum absolute atomic E-state index is 0.213. The van der Waals surface area contributed by atoms with Crippen molar-refractivity contribution in [2.24, 2.45) is 0 Å². The molecule has 0 aliphatic rings. The van der Waals surface area contributed by atoms with E-state index in [0.29, 0.717) is 0 Å². The molecule has 1 aromatic rings. The van der Waals surface area contributed by atoms with Gasteiger partial charge in [-0.3, -0.25) is 0 Å². The first-order chi connectivity index (χ1) is 8.90. The summed E-state index contributed by atoms with van der Waals surface area (Å²) in [6.45, 7) is 6.67. The molecule has 0 saturated heterocycles. The van der Waals surface area contributed by atoms with Gasteiger partial charge in [0, 0.05) is 8.07 Å². The molecule has 1 rings (SSSR count). The maximum absolute atomic E-state index is 11.6. The number of aldehydes is 1. The van der Waals surface area contributed by atoms with E-state index in [0.717, 1.165) is 17.9 Å². The normalized spacial score (nSPS) is 12.6. The number of nitrogens with one attached hydrogen (secondary N) is 1. The van der Waals surface area contributed by atoms with E-state index in [4.69, 9.17) is 4.74 Å². The van der Waals surface area contributed by atoms with Gasteiger partial charge in [0.25, 0.3) is 0 Å². The van der Waals surface area contributed by atoms with Crippen LogP contribution in [-0.4, -0.2) is 26.5 Å². The fraction of sp³-hybridized carbons (Fsp3) is 0.429. The molecule has 0 aliphatic carbocycles. The highest BCUT2D eigenvalue weighted by Gasteiger charge is 2.21. The maximum Gasteiger partial charge on any atom is 0.408 e. The standard InChI is InChI=1S/C14H21NO3Si/c1-19(2,3)11-13(9-16)15-14(17)18-10-12-7-5-4-6-8-12/h4-9,13H,10-11H2,1-3H3,(H,15,17)/t13-/m1/s1. The zero-order valence-electron chi connectivity index (χ0n) is 11.7. The summed E-state index contributed by atoms with van der Waals surface area (Å²) in [5.41, 5.74) is 0.922. The van der Waals surface area contributed by atoms with Gasteiger partial charge >= 0.3 is 6.09 Å². The van der Waals surface area contributed by atoms with Crippen molar-refractivity contribution in [2.75, 3.05) is 0 Å². The lowest BCUT2D eigenvalue weighted by molar-refractivity contribution is -0.109. The predicted molar refractivity (Wildman–Crippen MR) is 77.8 cm³/mol. The van der Waals surface area contributed by atoms with Gasteiger partial charge < -0.3 is 14.8 Å². The number of alkyl carbamates (subject to hydrolysis) is 1. The average Bonchev–Trinajstić information content (AvgIpc) is 2.35. The molecule has 5 heteroatoms. The van der Waals surface area contributed by atoms with Crippen LogP contribution < -0.4 is 5.32 Å². The second-order valence-corrected chi connectivity index (χ2v) is 11.2. The Bertz CT molecular complexity index is 414. The first-order valence-electron chi connectivity index (χ1n) is 6.33. The van der Waals surface area contributed by atoms with Crippen molar-refractivity contribution in [1.29, 1.82) is 0 Å². The summed E-state index contributed by atoms with van der Waals surface area (Å²) in [6.07, 6.45) is 0.237. The van der Waals surface area contributed by atoms with Crippen LogP contribution in [0.1, 0.15) is 5.56 Å². The third kappa shape index (κ3) is 6.76. The Labute approximate surface area is 115 Å². The molecule has 1 N–H and O–H groups in total. The van der Waals surface area contributed by atoms with Crippen LogP contribution in [0.3, 0.4) is 0 Å². The van der Waals surface area contributed by atoms with Gasteiger partial charge in [-0.1, -0.05) is 50.0 Å². The largest absolute Gasteiger partial charge is 0.445 e. The van der Waals surface area contributed by atoms with E-state index >= 15 is 0 Å². The van der Waals surface area contributed by atoms with Gasteiger partial charge in [0.2, 0.25) is 0 Å². The van der Waals surface area contributed by atoms with E-state index < -0.39 is 20.2 Å². The van der Waals surface area contributed by atoms with Crippen LogP contribution in [0, 0.1) is 0 Å². The Morgan fingerprint density at radius 2 is 1.95 bits per heavy atom. The highest BCUT2D eigenvalue weighted by atomic mass is 28.3. The van der Waals surface area contributed by atoms with Gasteiger partial charge in [-0.05, 0) is 11.6 Å². The minimum atomic E-state index is -1.40. The van der Waals surface area contributed by atoms with Gasteiger partial charge in [0.1, 0.15) is 12.9 Å². The number of amides is 1. The third-order valence-corrected chi connectivity index (χ3v) is 4.18. The van der Waals surface area contributed by atoms with Crippen LogP contribution >= 0.6 is 0 Å². The van der Waals surface area contributed by atoms with Crippen molar-refractivity contribution in [1.82, 2.24) is 5.32 Å². The number of ether oxygens (including phenoxy) is 1. The van der Waals surface area contributed by atoms with Gasteiger partial charge in [-0.25, -0.2) is 4.79 Å². The number of carbonyl (C=O) groups is 2. The molecule has 0 bridgehead atoms. The Morgan fingerprint density at radius 3 is 2.47 bits per heavy atom. The van der Waals surface area contributed by atoms with E-state index in [2.05, 4.69) is 25.0 Å². The SMILES string of the molecule is C[Si](C)(C)C[C@@H](C=O)NC(=O)OCc1ccccc1. The van der Waals surface area contributed by atoms with E-state index in [1.165, 1.54) is 0 Å². The van der Waals surface area contributed by atoms with Crippen molar-refractivity contribution >= 4 is 20.5 Å². The molecule has 0 aromatic heterocycles. The molecule has 19 heavy (non-hydrogen) atoms. The van der Waals surface area contributed by atoms with Gasteiger partial charge in [-0.2, -0.15) is 0 Å². The number of rotatable bonds is 6. The number of hydrogen-bond acceptors (Lipinski definition) is 3. The third-order valence-electron chi connectivity index (χ3n) is 2.51. The molecule has 0 heterocycles. The van der Waals surface area contributed by atoms with Crippen molar-refractivity contribution in [2.45, 2.75) is 38.3 Å². The van der Waals surface area contributed by atoms with E-state index in [9.17, 15) is 9.59 Å². The molecule has 0 saturated carbocycles. The Hall–Kier alpha value is -1.62. The first kappa shape index (κ1) is 15.4. The van der Waals surface area contributed by atoms with Crippen molar-refractivity contribution in [3.63, 3.8) is 0 Å². The molecule has 0 unspecified atom stereocenters. The molecule has 0 radical (unpaired) electrons. The van der Waals surface area contributed by atoms with E-state index in [1.807, 2.05) is 30.3 Å². The summed E-state index contributed by atoms with van der Waals surface area (Å²) >= 11 is 0. The predicted octanol–water partition coefficient (Wildman–Crippen LogP) is 2.82. The molecule has 4 nitrogen and oxygen atoms in total. The van der Waals surface area contributed by atoms with Crippen molar-refractivity contribution < 1.29 is 14.3 Å². The van der Waals surface area contributed by atoms with Crippen LogP contribution in [0.5, 0.6) is 0 Å². The Morgan fingerprint density at radius 1 is 1.32 bits per heavy atom. The fourth-order valence-electron chi connectivity index (χ4n) is 1.71. The smallest absolute Gasteiger partial charge is 0.408 e. The molecule has 1 amide bonds. The lowest BCUT2D eigenvalue weighted by Gasteiger charge is -2.21. The molecular weight excluding hydrogens is 258 g/mol. The summed E-state index contributed by atoms with van der Waals surface area (Å²) < 4.78 is 5.08. The van der Waals surface area contributed by atoms with Gasteiger partial charge in [-0.15, -0.1) is 0 Å². The van der Waals surface area contributed by atoms with Gasteiger partial charge in [0.15, 0.2) is 0 Å². The van der Waals surface area contributed by atoms with Crippen LogP contribution in [-0.2, 0) is 16.1 Å². The number of benzene rings is 1. The average molecular weight is 279 g/mol. The Kier molecular flexibility index (Phi) is 5.76. The highest BCUT2D eigenvalue weighted by Crippen LogP contribution is 2.10. The van der Waals surface area contributed by atoms with Crippen molar-refractivity contribution in [3.8, 4) is 0 Å². The van der Waals surface area contributed by atoms with Crippen LogP contribution in [0.4, 0.5) is 4.79 Å². The van der Waals surface area contributed by atoms with E-state index in [1.54, 1.807) is 0 Å². The summed E-state index contributed by atoms with van der Waals surface area (Å²) in [5, 5.41) is 2.60. The van der Waals surface area contributed by atoms with Crippen LogP contribution in [0.25, 0.3) is 0 Å².